The molecule has 1 saturated heterocycles. The minimum atomic E-state index is 0.487. The molecule has 0 atom stereocenters. The average Bonchev–Trinajstić information content (AvgIpc) is 3.20. The van der Waals surface area contributed by atoms with Crippen LogP contribution in [0.4, 0.5) is 5.95 Å². The number of ether oxygens (including phenoxy) is 1. The van der Waals surface area contributed by atoms with E-state index in [0.717, 1.165) is 46.8 Å². The van der Waals surface area contributed by atoms with Crippen LogP contribution < -0.4 is 4.90 Å². The van der Waals surface area contributed by atoms with E-state index in [9.17, 15) is 0 Å². The number of morpholine rings is 1. The number of hydrogen-bond acceptors (Lipinski definition) is 9. The molecular formula is C14H17N7O2S. The van der Waals surface area contributed by atoms with E-state index in [0.29, 0.717) is 18.9 Å². The highest BCUT2D eigenvalue weighted by Gasteiger charge is 2.22. The molecule has 1 fully saturated rings. The van der Waals surface area contributed by atoms with Crippen LogP contribution in [0.25, 0.3) is 11.1 Å². The first-order valence-corrected chi connectivity index (χ1v) is 8.60. The van der Waals surface area contributed by atoms with Crippen LogP contribution in [0.5, 0.6) is 0 Å². The smallest absolute Gasteiger partial charge is 0.262 e. The van der Waals surface area contributed by atoms with Crippen molar-refractivity contribution in [2.45, 2.75) is 30.6 Å². The van der Waals surface area contributed by atoms with Crippen LogP contribution in [0, 0.1) is 6.92 Å². The Morgan fingerprint density at radius 3 is 2.83 bits per heavy atom. The molecule has 0 saturated carbocycles. The van der Waals surface area contributed by atoms with Crippen molar-refractivity contribution in [1.29, 1.82) is 0 Å². The maximum Gasteiger partial charge on any atom is 0.262 e. The van der Waals surface area contributed by atoms with Gasteiger partial charge in [0.1, 0.15) is 11.4 Å². The largest absolute Gasteiger partial charge is 0.378 e. The molecule has 0 spiro atoms. The van der Waals surface area contributed by atoms with E-state index in [1.165, 1.54) is 18.1 Å². The van der Waals surface area contributed by atoms with Gasteiger partial charge in [-0.3, -0.25) is 4.57 Å². The number of nitrogens with zero attached hydrogens (tertiary/aromatic N) is 7. The van der Waals surface area contributed by atoms with Crippen molar-refractivity contribution in [1.82, 2.24) is 29.9 Å². The summed E-state index contributed by atoms with van der Waals surface area (Å²) in [6, 6.07) is 0. The third-order valence-electron chi connectivity index (χ3n) is 3.90. The Hall–Kier alpha value is -2.20. The van der Waals surface area contributed by atoms with Gasteiger partial charge in [0, 0.05) is 19.6 Å². The second-order valence-electron chi connectivity index (χ2n) is 5.36. The van der Waals surface area contributed by atoms with Crippen molar-refractivity contribution in [3.05, 3.63) is 12.0 Å². The molecule has 0 aliphatic carbocycles. The lowest BCUT2D eigenvalue weighted by atomic mass is 10.3. The second kappa shape index (κ2) is 6.36. The first-order valence-electron chi connectivity index (χ1n) is 7.78. The molecule has 3 aromatic heterocycles. The highest BCUT2D eigenvalue weighted by molar-refractivity contribution is 7.99. The van der Waals surface area contributed by atoms with Gasteiger partial charge in [-0.15, -0.1) is 10.2 Å². The minimum absolute atomic E-state index is 0.487. The van der Waals surface area contributed by atoms with Gasteiger partial charge in [0.2, 0.25) is 5.95 Å². The van der Waals surface area contributed by atoms with E-state index in [4.69, 9.17) is 9.26 Å². The van der Waals surface area contributed by atoms with Crippen LogP contribution in [-0.4, -0.2) is 56.2 Å². The quantitative estimate of drug-likeness (QED) is 0.651. The summed E-state index contributed by atoms with van der Waals surface area (Å²) in [5, 5.41) is 15.1. The fourth-order valence-corrected chi connectivity index (χ4v) is 3.70. The molecule has 1 aliphatic heterocycles. The number of anilines is 1. The topological polar surface area (TPSA) is 95.0 Å². The van der Waals surface area contributed by atoms with Crippen molar-refractivity contribution in [3.8, 4) is 0 Å². The molecule has 0 bridgehead atoms. The average molecular weight is 347 g/mol. The standard InChI is InChI=1S/C14H17N7O2S/c1-3-21-13(20-4-6-22-7-5-20)17-18-14(21)24-12-10-9(2)19-23-11(10)15-8-16-12/h8H,3-7H2,1-2H3. The van der Waals surface area contributed by atoms with Crippen LogP contribution in [0.3, 0.4) is 0 Å². The number of aryl methyl sites for hydroxylation is 1. The van der Waals surface area contributed by atoms with Gasteiger partial charge in [0.25, 0.3) is 5.71 Å². The molecule has 1 aliphatic rings. The maximum absolute atomic E-state index is 5.41. The summed E-state index contributed by atoms with van der Waals surface area (Å²) in [6.45, 7) is 7.81. The fraction of sp³-hybridized carbons (Fsp3) is 0.500. The zero-order valence-electron chi connectivity index (χ0n) is 13.5. The molecule has 4 heterocycles. The summed E-state index contributed by atoms with van der Waals surface area (Å²) >= 11 is 1.45. The Balaban J connectivity index is 1.69. The number of fused-ring (bicyclic) bond motifs is 1. The molecule has 0 unspecified atom stereocenters. The summed E-state index contributed by atoms with van der Waals surface area (Å²) < 4.78 is 12.7. The summed E-state index contributed by atoms with van der Waals surface area (Å²) in [6.07, 6.45) is 1.48. The molecule has 126 valence electrons. The monoisotopic (exact) mass is 347 g/mol. The van der Waals surface area contributed by atoms with Crippen LogP contribution in [0.1, 0.15) is 12.6 Å². The third kappa shape index (κ3) is 2.61. The lowest BCUT2D eigenvalue weighted by Crippen LogP contribution is -2.38. The van der Waals surface area contributed by atoms with Crippen LogP contribution in [0.15, 0.2) is 21.0 Å². The Morgan fingerprint density at radius 2 is 2.04 bits per heavy atom. The molecule has 3 aromatic rings. The Kier molecular flexibility index (Phi) is 4.07. The van der Waals surface area contributed by atoms with E-state index in [2.05, 4.69) is 41.7 Å². The molecule has 0 aromatic carbocycles. The van der Waals surface area contributed by atoms with Crippen LogP contribution >= 0.6 is 11.8 Å². The molecule has 0 amide bonds. The van der Waals surface area contributed by atoms with Crippen molar-refractivity contribution < 1.29 is 9.26 Å². The van der Waals surface area contributed by atoms with Gasteiger partial charge in [-0.2, -0.15) is 4.98 Å². The summed E-state index contributed by atoms with van der Waals surface area (Å²) in [7, 11) is 0. The summed E-state index contributed by atoms with van der Waals surface area (Å²) in [5.74, 6) is 0.871. The molecule has 10 heteroatoms. The Bertz CT molecular complexity index is 856. The highest BCUT2D eigenvalue weighted by Crippen LogP contribution is 2.33. The molecule has 0 radical (unpaired) electrons. The van der Waals surface area contributed by atoms with Crippen molar-refractivity contribution in [3.63, 3.8) is 0 Å². The van der Waals surface area contributed by atoms with Crippen molar-refractivity contribution in [2.75, 3.05) is 31.2 Å². The molecule has 0 N–H and O–H groups in total. The van der Waals surface area contributed by atoms with Crippen molar-refractivity contribution in [2.24, 2.45) is 0 Å². The van der Waals surface area contributed by atoms with Gasteiger partial charge < -0.3 is 14.2 Å². The molecule has 4 rings (SSSR count). The second-order valence-corrected chi connectivity index (χ2v) is 6.31. The Labute approximate surface area is 142 Å². The van der Waals surface area contributed by atoms with Crippen molar-refractivity contribution >= 4 is 28.8 Å². The number of rotatable bonds is 4. The molecule has 24 heavy (non-hydrogen) atoms. The molecule has 9 nitrogen and oxygen atoms in total. The van der Waals surface area contributed by atoms with Gasteiger partial charge in [-0.1, -0.05) is 5.16 Å². The lowest BCUT2D eigenvalue weighted by molar-refractivity contribution is 0.121. The van der Waals surface area contributed by atoms with E-state index in [-0.39, 0.29) is 0 Å². The summed E-state index contributed by atoms with van der Waals surface area (Å²) in [5.41, 5.74) is 1.25. The van der Waals surface area contributed by atoms with Gasteiger partial charge >= 0.3 is 0 Å². The predicted molar refractivity (Wildman–Crippen MR) is 87.2 cm³/mol. The van der Waals surface area contributed by atoms with E-state index >= 15 is 0 Å². The first-order chi connectivity index (χ1) is 11.8. The third-order valence-corrected chi connectivity index (χ3v) is 4.89. The zero-order valence-corrected chi connectivity index (χ0v) is 14.3. The Morgan fingerprint density at radius 1 is 1.21 bits per heavy atom. The lowest BCUT2D eigenvalue weighted by Gasteiger charge is -2.27. The fourth-order valence-electron chi connectivity index (χ4n) is 2.68. The van der Waals surface area contributed by atoms with Crippen LogP contribution in [-0.2, 0) is 11.3 Å². The minimum Gasteiger partial charge on any atom is -0.378 e. The zero-order chi connectivity index (χ0) is 16.5. The number of hydrogen-bond donors (Lipinski definition) is 0. The van der Waals surface area contributed by atoms with Gasteiger partial charge in [0.05, 0.1) is 24.3 Å². The molecular weight excluding hydrogens is 330 g/mol. The van der Waals surface area contributed by atoms with Gasteiger partial charge in [-0.25, -0.2) is 4.98 Å². The predicted octanol–water partition coefficient (Wildman–Crippen LogP) is 1.53. The normalized spacial score (nSPS) is 15.3. The first kappa shape index (κ1) is 15.3. The number of aromatic nitrogens is 6. The maximum atomic E-state index is 5.41. The van der Waals surface area contributed by atoms with Gasteiger partial charge in [-0.05, 0) is 25.6 Å². The highest BCUT2D eigenvalue weighted by atomic mass is 32.2. The van der Waals surface area contributed by atoms with Crippen LogP contribution in [0.2, 0.25) is 0 Å². The summed E-state index contributed by atoms with van der Waals surface area (Å²) in [4.78, 5) is 10.7. The SMILES string of the molecule is CCn1c(Sc2ncnc3onc(C)c23)nnc1N1CCOCC1. The van der Waals surface area contributed by atoms with E-state index < -0.39 is 0 Å². The van der Waals surface area contributed by atoms with E-state index in [1.807, 2.05) is 6.92 Å². The van der Waals surface area contributed by atoms with Gasteiger partial charge in [0.15, 0.2) is 5.16 Å². The van der Waals surface area contributed by atoms with E-state index in [1.54, 1.807) is 0 Å².